The zero-order valence-electron chi connectivity index (χ0n) is 16.8. The first-order chi connectivity index (χ1) is 12.7. The Morgan fingerprint density at radius 2 is 2.07 bits per heavy atom. The Labute approximate surface area is 163 Å². The molecule has 1 saturated heterocycles. The quantitative estimate of drug-likeness (QED) is 0.686. The minimum Gasteiger partial charge on any atom is -0.379 e. The van der Waals surface area contributed by atoms with E-state index >= 15 is 0 Å². The Morgan fingerprint density at radius 1 is 1.33 bits per heavy atom. The van der Waals surface area contributed by atoms with Gasteiger partial charge in [-0.15, -0.1) is 0 Å². The molecule has 1 aromatic rings. The second-order valence-corrected chi connectivity index (χ2v) is 9.44. The number of hydrogen-bond donors (Lipinski definition) is 1. The third-order valence-corrected chi connectivity index (χ3v) is 6.80. The van der Waals surface area contributed by atoms with Crippen LogP contribution < -0.4 is 5.32 Å². The molecule has 1 aromatic carbocycles. The topological polar surface area (TPSA) is 75.7 Å². The summed E-state index contributed by atoms with van der Waals surface area (Å²) in [5.41, 5.74) is 1.64. The van der Waals surface area contributed by atoms with Crippen molar-refractivity contribution < 1.29 is 17.9 Å². The molecule has 1 N–H and O–H groups in total. The summed E-state index contributed by atoms with van der Waals surface area (Å²) in [7, 11) is -3.59. The summed E-state index contributed by atoms with van der Waals surface area (Å²) in [5.74, 6) is -0.370. The number of aryl methyl sites for hydroxylation is 2. The van der Waals surface area contributed by atoms with E-state index in [4.69, 9.17) is 4.74 Å². The number of nitrogens with zero attached hydrogens (tertiary/aromatic N) is 1. The van der Waals surface area contributed by atoms with Gasteiger partial charge < -0.3 is 10.1 Å². The van der Waals surface area contributed by atoms with Crippen molar-refractivity contribution in [2.45, 2.75) is 58.0 Å². The van der Waals surface area contributed by atoms with Crippen molar-refractivity contribution in [2.75, 3.05) is 26.2 Å². The van der Waals surface area contributed by atoms with E-state index in [2.05, 4.69) is 5.32 Å². The van der Waals surface area contributed by atoms with Crippen molar-refractivity contribution >= 4 is 15.9 Å². The Bertz CT molecular complexity index is 746. The number of amides is 1. The maximum Gasteiger partial charge on any atom is 0.243 e. The maximum absolute atomic E-state index is 13.1. The fourth-order valence-corrected chi connectivity index (χ4v) is 5.08. The first-order valence-corrected chi connectivity index (χ1v) is 11.1. The Kier molecular flexibility index (Phi) is 7.82. The van der Waals surface area contributed by atoms with Gasteiger partial charge in [0.05, 0.1) is 16.9 Å². The Morgan fingerprint density at radius 3 is 2.78 bits per heavy atom. The van der Waals surface area contributed by atoms with E-state index in [0.717, 1.165) is 17.5 Å². The SMILES string of the molecule is Cc1ccc(C)c(S(=O)(=O)N2CCC[C@@H](C(=O)NCCCOC(C)C)C2)c1. The fourth-order valence-electron chi connectivity index (χ4n) is 3.25. The van der Waals surface area contributed by atoms with Crippen LogP contribution in [0.4, 0.5) is 0 Å². The normalized spacial score (nSPS) is 18.6. The zero-order chi connectivity index (χ0) is 20.0. The Balaban J connectivity index is 1.96. The lowest BCUT2D eigenvalue weighted by Crippen LogP contribution is -2.45. The molecule has 2 rings (SSSR count). The maximum atomic E-state index is 13.1. The average molecular weight is 397 g/mol. The molecule has 1 aliphatic heterocycles. The summed E-state index contributed by atoms with van der Waals surface area (Å²) in [4.78, 5) is 12.8. The third-order valence-electron chi connectivity index (χ3n) is 4.79. The van der Waals surface area contributed by atoms with Gasteiger partial charge in [-0.1, -0.05) is 12.1 Å². The van der Waals surface area contributed by atoms with Crippen LogP contribution in [0.5, 0.6) is 0 Å². The molecule has 27 heavy (non-hydrogen) atoms. The molecule has 1 atom stereocenters. The zero-order valence-corrected chi connectivity index (χ0v) is 17.6. The molecule has 7 heteroatoms. The van der Waals surface area contributed by atoms with Gasteiger partial charge in [-0.3, -0.25) is 4.79 Å². The molecule has 1 amide bonds. The molecule has 0 aromatic heterocycles. The first kappa shape index (κ1) is 21.9. The highest BCUT2D eigenvalue weighted by Crippen LogP contribution is 2.26. The van der Waals surface area contributed by atoms with E-state index in [1.807, 2.05) is 32.9 Å². The highest BCUT2D eigenvalue weighted by molar-refractivity contribution is 7.89. The van der Waals surface area contributed by atoms with E-state index in [-0.39, 0.29) is 24.5 Å². The first-order valence-electron chi connectivity index (χ1n) is 9.68. The molecular formula is C20H32N2O4S. The van der Waals surface area contributed by atoms with Crippen LogP contribution in [0.1, 0.15) is 44.2 Å². The van der Waals surface area contributed by atoms with E-state index in [1.165, 1.54) is 4.31 Å². The van der Waals surface area contributed by atoms with E-state index in [9.17, 15) is 13.2 Å². The lowest BCUT2D eigenvalue weighted by molar-refractivity contribution is -0.126. The molecule has 0 aliphatic carbocycles. The summed E-state index contributed by atoms with van der Waals surface area (Å²) < 4.78 is 33.1. The predicted molar refractivity (Wildman–Crippen MR) is 106 cm³/mol. The van der Waals surface area contributed by atoms with Crippen molar-refractivity contribution in [1.29, 1.82) is 0 Å². The van der Waals surface area contributed by atoms with Gasteiger partial charge >= 0.3 is 0 Å². The van der Waals surface area contributed by atoms with Crippen LogP contribution in [0, 0.1) is 19.8 Å². The third kappa shape index (κ3) is 6.02. The van der Waals surface area contributed by atoms with Crippen LogP contribution >= 0.6 is 0 Å². The second-order valence-electron chi connectivity index (χ2n) is 7.54. The molecule has 6 nitrogen and oxygen atoms in total. The minimum absolute atomic E-state index is 0.0691. The molecular weight excluding hydrogens is 364 g/mol. The average Bonchev–Trinajstić information content (AvgIpc) is 2.63. The molecule has 0 unspecified atom stereocenters. The minimum atomic E-state index is -3.59. The summed E-state index contributed by atoms with van der Waals surface area (Å²) in [6.45, 7) is 9.50. The van der Waals surface area contributed by atoms with Crippen LogP contribution in [0.3, 0.4) is 0 Å². The standard InChI is InChI=1S/C20H32N2O4S/c1-15(2)26-12-6-10-21-20(23)18-7-5-11-22(14-18)27(24,25)19-13-16(3)8-9-17(19)4/h8-9,13,15,18H,5-7,10-12,14H2,1-4H3,(H,21,23)/t18-/m1/s1. The number of hydrogen-bond acceptors (Lipinski definition) is 4. The van der Waals surface area contributed by atoms with Crippen molar-refractivity contribution in [2.24, 2.45) is 5.92 Å². The molecule has 152 valence electrons. The van der Waals surface area contributed by atoms with Gasteiger partial charge in [-0.2, -0.15) is 4.31 Å². The van der Waals surface area contributed by atoms with Gasteiger partial charge in [-0.25, -0.2) is 8.42 Å². The number of ether oxygens (including phenoxy) is 1. The van der Waals surface area contributed by atoms with Crippen LogP contribution in [-0.2, 0) is 19.6 Å². The number of nitrogens with one attached hydrogen (secondary N) is 1. The molecule has 0 spiro atoms. The number of sulfonamides is 1. The summed E-state index contributed by atoms with van der Waals surface area (Å²) in [5, 5.41) is 2.92. The van der Waals surface area contributed by atoms with Gasteiger partial charge in [0, 0.05) is 26.2 Å². The summed E-state index contributed by atoms with van der Waals surface area (Å²) >= 11 is 0. The number of carbonyl (C=O) groups excluding carboxylic acids is 1. The molecule has 0 radical (unpaired) electrons. The van der Waals surface area contributed by atoms with Gasteiger partial charge in [0.15, 0.2) is 0 Å². The lowest BCUT2D eigenvalue weighted by Gasteiger charge is -2.31. The van der Waals surface area contributed by atoms with Crippen LogP contribution in [0.25, 0.3) is 0 Å². The van der Waals surface area contributed by atoms with Crippen molar-refractivity contribution in [3.8, 4) is 0 Å². The van der Waals surface area contributed by atoms with Gasteiger partial charge in [0.25, 0.3) is 0 Å². The van der Waals surface area contributed by atoms with Gasteiger partial charge in [-0.05, 0) is 64.2 Å². The molecule has 1 heterocycles. The summed E-state index contributed by atoms with van der Waals surface area (Å²) in [6, 6.07) is 5.45. The van der Waals surface area contributed by atoms with Crippen molar-refractivity contribution in [1.82, 2.24) is 9.62 Å². The number of carbonyl (C=O) groups is 1. The molecule has 0 saturated carbocycles. The highest BCUT2D eigenvalue weighted by atomic mass is 32.2. The van der Waals surface area contributed by atoms with E-state index < -0.39 is 10.0 Å². The molecule has 1 aliphatic rings. The number of benzene rings is 1. The van der Waals surface area contributed by atoms with Crippen molar-refractivity contribution in [3.05, 3.63) is 29.3 Å². The Hall–Kier alpha value is -1.44. The second kappa shape index (κ2) is 9.66. The van der Waals surface area contributed by atoms with E-state index in [1.54, 1.807) is 13.0 Å². The van der Waals surface area contributed by atoms with Gasteiger partial charge in [0.2, 0.25) is 15.9 Å². The van der Waals surface area contributed by atoms with Gasteiger partial charge in [0.1, 0.15) is 0 Å². The fraction of sp³-hybridized carbons (Fsp3) is 0.650. The molecule has 1 fully saturated rings. The summed E-state index contributed by atoms with van der Waals surface area (Å²) in [6.07, 6.45) is 2.34. The number of rotatable bonds is 8. The van der Waals surface area contributed by atoms with Crippen LogP contribution in [0.2, 0.25) is 0 Å². The van der Waals surface area contributed by atoms with Crippen LogP contribution in [0.15, 0.2) is 23.1 Å². The van der Waals surface area contributed by atoms with E-state index in [0.29, 0.717) is 37.4 Å². The largest absolute Gasteiger partial charge is 0.379 e. The monoisotopic (exact) mass is 396 g/mol. The highest BCUT2D eigenvalue weighted by Gasteiger charge is 2.33. The smallest absolute Gasteiger partial charge is 0.243 e. The van der Waals surface area contributed by atoms with Crippen LogP contribution in [-0.4, -0.2) is 51.0 Å². The van der Waals surface area contributed by atoms with Crippen molar-refractivity contribution in [3.63, 3.8) is 0 Å². The predicted octanol–water partition coefficient (Wildman–Crippen LogP) is 2.64. The lowest BCUT2D eigenvalue weighted by atomic mass is 9.99. The number of piperidine rings is 1. The molecule has 0 bridgehead atoms.